The van der Waals surface area contributed by atoms with Crippen molar-refractivity contribution in [3.63, 3.8) is 0 Å². The number of aryl methyl sites for hydroxylation is 1. The van der Waals surface area contributed by atoms with Crippen molar-refractivity contribution in [2.45, 2.75) is 19.9 Å². The Morgan fingerprint density at radius 2 is 2.11 bits per heavy atom. The Labute approximate surface area is 109 Å². The van der Waals surface area contributed by atoms with Crippen molar-refractivity contribution in [1.29, 1.82) is 0 Å². The van der Waals surface area contributed by atoms with Gasteiger partial charge < -0.3 is 15.2 Å². The summed E-state index contributed by atoms with van der Waals surface area (Å²) in [4.78, 5) is 14.1. The molecule has 0 atom stereocenters. The predicted octanol–water partition coefficient (Wildman–Crippen LogP) is 0.685. The summed E-state index contributed by atoms with van der Waals surface area (Å²) >= 11 is 0. The largest absolute Gasteiger partial charge is 0.397 e. The number of nitrogens with two attached hydrogens (primary N) is 1. The average molecular weight is 269 g/mol. The first-order chi connectivity index (χ1) is 8.61. The minimum Gasteiger partial charge on any atom is -0.397 e. The maximum Gasteiger partial charge on any atom is 0.270 e. The SMILES string of the molecule is CCCn1cc(N)cc1C(=O)N1CCS(=O)CC1. The molecule has 5 nitrogen and oxygen atoms in total. The van der Waals surface area contributed by atoms with Gasteiger partial charge in [-0.3, -0.25) is 9.00 Å². The number of carbonyl (C=O) groups is 1. The van der Waals surface area contributed by atoms with Crippen LogP contribution >= 0.6 is 0 Å². The number of rotatable bonds is 3. The Morgan fingerprint density at radius 1 is 1.44 bits per heavy atom. The Hall–Kier alpha value is -1.30. The van der Waals surface area contributed by atoms with Crippen LogP contribution in [0.2, 0.25) is 0 Å². The molecule has 1 aliphatic heterocycles. The molecule has 1 aliphatic rings. The van der Waals surface area contributed by atoms with Crippen LogP contribution in [0.5, 0.6) is 0 Å². The lowest BCUT2D eigenvalue weighted by atomic mass is 10.3. The van der Waals surface area contributed by atoms with Gasteiger partial charge in [0.1, 0.15) is 5.69 Å². The van der Waals surface area contributed by atoms with Crippen LogP contribution in [0.4, 0.5) is 5.69 Å². The maximum absolute atomic E-state index is 12.4. The number of nitrogens with zero attached hydrogens (tertiary/aromatic N) is 2. The van der Waals surface area contributed by atoms with E-state index in [4.69, 9.17) is 5.73 Å². The highest BCUT2D eigenvalue weighted by atomic mass is 32.2. The smallest absolute Gasteiger partial charge is 0.270 e. The van der Waals surface area contributed by atoms with Crippen LogP contribution < -0.4 is 5.73 Å². The molecule has 0 aliphatic carbocycles. The van der Waals surface area contributed by atoms with Crippen molar-refractivity contribution in [3.05, 3.63) is 18.0 Å². The van der Waals surface area contributed by atoms with Gasteiger partial charge in [0.05, 0.1) is 5.69 Å². The quantitative estimate of drug-likeness (QED) is 0.877. The first-order valence-electron chi connectivity index (χ1n) is 6.21. The first kappa shape index (κ1) is 13.1. The molecule has 0 saturated carbocycles. The third-order valence-electron chi connectivity index (χ3n) is 3.07. The summed E-state index contributed by atoms with van der Waals surface area (Å²) in [6, 6.07) is 1.73. The molecule has 0 aromatic carbocycles. The molecule has 1 amide bonds. The van der Waals surface area contributed by atoms with Gasteiger partial charge in [-0.15, -0.1) is 0 Å². The number of nitrogen functional groups attached to an aromatic ring is 1. The van der Waals surface area contributed by atoms with Gasteiger partial charge in [0.15, 0.2) is 0 Å². The zero-order valence-corrected chi connectivity index (χ0v) is 11.4. The van der Waals surface area contributed by atoms with Crippen LogP contribution in [0.15, 0.2) is 12.3 Å². The Kier molecular flexibility index (Phi) is 4.06. The lowest BCUT2D eigenvalue weighted by molar-refractivity contribution is 0.0760. The molecule has 2 rings (SSSR count). The van der Waals surface area contributed by atoms with E-state index in [1.165, 1.54) is 0 Å². The predicted molar refractivity (Wildman–Crippen MR) is 72.9 cm³/mol. The van der Waals surface area contributed by atoms with Crippen molar-refractivity contribution in [2.75, 3.05) is 30.3 Å². The second kappa shape index (κ2) is 5.56. The molecule has 0 radical (unpaired) electrons. The van der Waals surface area contributed by atoms with Gasteiger partial charge in [0.25, 0.3) is 5.91 Å². The minimum atomic E-state index is -0.763. The summed E-state index contributed by atoms with van der Waals surface area (Å²) in [5.74, 6) is 1.16. The lowest BCUT2D eigenvalue weighted by Crippen LogP contribution is -2.42. The molecule has 1 aromatic heterocycles. The molecular weight excluding hydrogens is 250 g/mol. The van der Waals surface area contributed by atoms with Crippen LogP contribution in [0.1, 0.15) is 23.8 Å². The van der Waals surface area contributed by atoms with Gasteiger partial charge in [0.2, 0.25) is 0 Å². The van der Waals surface area contributed by atoms with E-state index < -0.39 is 10.8 Å². The molecule has 6 heteroatoms. The molecule has 100 valence electrons. The molecule has 2 heterocycles. The van der Waals surface area contributed by atoms with Gasteiger partial charge in [-0.2, -0.15) is 0 Å². The number of hydrogen-bond donors (Lipinski definition) is 1. The van der Waals surface area contributed by atoms with E-state index in [9.17, 15) is 9.00 Å². The molecule has 18 heavy (non-hydrogen) atoms. The van der Waals surface area contributed by atoms with Crippen LogP contribution in [-0.2, 0) is 17.3 Å². The van der Waals surface area contributed by atoms with Crippen LogP contribution in [0.3, 0.4) is 0 Å². The Balaban J connectivity index is 2.15. The molecular formula is C12H19N3O2S. The fourth-order valence-electron chi connectivity index (χ4n) is 2.14. The molecule has 0 bridgehead atoms. The fraction of sp³-hybridized carbons (Fsp3) is 0.583. The van der Waals surface area contributed by atoms with Crippen LogP contribution in [0, 0.1) is 0 Å². The van der Waals surface area contributed by atoms with Gasteiger partial charge in [-0.05, 0) is 12.5 Å². The van der Waals surface area contributed by atoms with Gasteiger partial charge >= 0.3 is 0 Å². The van der Waals surface area contributed by atoms with Crippen LogP contribution in [0.25, 0.3) is 0 Å². The average Bonchev–Trinajstić information content (AvgIpc) is 2.71. The molecule has 1 fully saturated rings. The first-order valence-corrected chi connectivity index (χ1v) is 7.70. The number of carbonyl (C=O) groups excluding carboxylic acids is 1. The summed E-state index contributed by atoms with van der Waals surface area (Å²) in [6.45, 7) is 4.00. The van der Waals surface area contributed by atoms with E-state index in [0.717, 1.165) is 13.0 Å². The highest BCUT2D eigenvalue weighted by Gasteiger charge is 2.23. The van der Waals surface area contributed by atoms with E-state index in [0.29, 0.717) is 36.0 Å². The van der Waals surface area contributed by atoms with Crippen molar-refractivity contribution < 1.29 is 9.00 Å². The lowest BCUT2D eigenvalue weighted by Gasteiger charge is -2.26. The third kappa shape index (κ3) is 2.75. The summed E-state index contributed by atoms with van der Waals surface area (Å²) in [7, 11) is -0.763. The monoisotopic (exact) mass is 269 g/mol. The Bertz CT molecular complexity index is 460. The molecule has 0 spiro atoms. The number of amides is 1. The van der Waals surface area contributed by atoms with Crippen LogP contribution in [-0.4, -0.2) is 44.2 Å². The summed E-state index contributed by atoms with van der Waals surface area (Å²) in [6.07, 6.45) is 2.76. The summed E-state index contributed by atoms with van der Waals surface area (Å²) < 4.78 is 13.2. The maximum atomic E-state index is 12.4. The standard InChI is InChI=1S/C12H19N3O2S/c1-2-3-15-9-10(13)8-11(15)12(16)14-4-6-18(17)7-5-14/h8-9H,2-7,13H2,1H3. The number of anilines is 1. The molecule has 1 aromatic rings. The molecule has 2 N–H and O–H groups in total. The number of aromatic nitrogens is 1. The second-order valence-corrected chi connectivity index (χ2v) is 6.19. The molecule has 1 saturated heterocycles. The zero-order chi connectivity index (χ0) is 13.1. The van der Waals surface area contributed by atoms with Crippen molar-refractivity contribution >= 4 is 22.4 Å². The Morgan fingerprint density at radius 3 is 2.72 bits per heavy atom. The summed E-state index contributed by atoms with van der Waals surface area (Å²) in [5.41, 5.74) is 7.02. The normalized spacial score (nSPS) is 17.1. The topological polar surface area (TPSA) is 68.3 Å². The van der Waals surface area contributed by atoms with Gasteiger partial charge in [-0.25, -0.2) is 0 Å². The van der Waals surface area contributed by atoms with E-state index in [-0.39, 0.29) is 5.91 Å². The van der Waals surface area contributed by atoms with E-state index in [1.54, 1.807) is 17.2 Å². The fourth-order valence-corrected chi connectivity index (χ4v) is 3.19. The van der Waals surface area contributed by atoms with Gasteiger partial charge in [-0.1, -0.05) is 6.92 Å². The van der Waals surface area contributed by atoms with E-state index >= 15 is 0 Å². The van der Waals surface area contributed by atoms with Crippen molar-refractivity contribution in [2.24, 2.45) is 0 Å². The summed E-state index contributed by atoms with van der Waals surface area (Å²) in [5, 5.41) is 0. The van der Waals surface area contributed by atoms with E-state index in [1.807, 2.05) is 4.57 Å². The third-order valence-corrected chi connectivity index (χ3v) is 4.34. The second-order valence-electron chi connectivity index (χ2n) is 4.49. The van der Waals surface area contributed by atoms with Crippen molar-refractivity contribution in [3.8, 4) is 0 Å². The van der Waals surface area contributed by atoms with E-state index in [2.05, 4.69) is 6.92 Å². The number of hydrogen-bond acceptors (Lipinski definition) is 3. The highest BCUT2D eigenvalue weighted by Crippen LogP contribution is 2.15. The molecule has 0 unspecified atom stereocenters. The van der Waals surface area contributed by atoms with Crippen molar-refractivity contribution in [1.82, 2.24) is 9.47 Å². The zero-order valence-electron chi connectivity index (χ0n) is 10.6. The highest BCUT2D eigenvalue weighted by molar-refractivity contribution is 7.85. The van der Waals surface area contributed by atoms with Gasteiger partial charge in [0, 0.05) is 48.1 Å². The minimum absolute atomic E-state index is 0.00292.